The summed E-state index contributed by atoms with van der Waals surface area (Å²) in [5, 5.41) is 2.79. The molecule has 3 rings (SSSR count). The lowest BCUT2D eigenvalue weighted by atomic mass is 10.1. The fourth-order valence-corrected chi connectivity index (χ4v) is 3.84. The topological polar surface area (TPSA) is 66.5 Å². The number of Topliss-reactive ketones (excluding diaryl/α,β-unsaturated/α-hetero) is 1. The number of hydrogen-bond acceptors (Lipinski definition) is 4. The maximum Gasteiger partial charge on any atom is 0.234 e. The number of nitrogens with zero attached hydrogens (tertiary/aromatic N) is 1. The fourth-order valence-electron chi connectivity index (χ4n) is 3.12. The van der Waals surface area contributed by atoms with E-state index in [9.17, 15) is 18.8 Å². The molecule has 1 aliphatic rings. The molecule has 2 aromatic rings. The molecule has 0 saturated carbocycles. The van der Waals surface area contributed by atoms with Crippen LogP contribution in [0.3, 0.4) is 0 Å². The van der Waals surface area contributed by atoms with Gasteiger partial charge in [0.25, 0.3) is 0 Å². The summed E-state index contributed by atoms with van der Waals surface area (Å²) in [6.07, 6.45) is 1.43. The van der Waals surface area contributed by atoms with Crippen molar-refractivity contribution in [2.24, 2.45) is 0 Å². The standard InChI is InChI=1S/C21H21FN2O3S/c1-13-10-16(6-7-18(13)24-9-3-4-21(24)27)23-20(26)12-28-19-8-5-15(14(2)25)11-17(19)22/h5-8,10-11H,3-4,9,12H2,1-2H3,(H,23,26). The van der Waals surface area contributed by atoms with E-state index in [0.717, 1.165) is 36.0 Å². The van der Waals surface area contributed by atoms with Crippen molar-refractivity contribution in [1.29, 1.82) is 0 Å². The van der Waals surface area contributed by atoms with Crippen molar-refractivity contribution in [2.45, 2.75) is 31.6 Å². The molecule has 0 unspecified atom stereocenters. The quantitative estimate of drug-likeness (QED) is 0.583. The Morgan fingerprint density at radius 3 is 2.61 bits per heavy atom. The average Bonchev–Trinajstić information content (AvgIpc) is 3.06. The second kappa shape index (κ2) is 8.56. The molecule has 1 saturated heterocycles. The zero-order valence-electron chi connectivity index (χ0n) is 15.8. The van der Waals surface area contributed by atoms with Crippen molar-refractivity contribution >= 4 is 40.7 Å². The maximum atomic E-state index is 14.0. The summed E-state index contributed by atoms with van der Waals surface area (Å²) in [5.41, 5.74) is 2.71. The van der Waals surface area contributed by atoms with Crippen molar-refractivity contribution in [2.75, 3.05) is 22.5 Å². The molecular weight excluding hydrogens is 379 g/mol. The third-order valence-corrected chi connectivity index (χ3v) is 5.59. The molecule has 1 N–H and O–H groups in total. The first-order valence-corrected chi connectivity index (χ1v) is 9.98. The first-order chi connectivity index (χ1) is 13.3. The van der Waals surface area contributed by atoms with Gasteiger partial charge in [0.15, 0.2) is 5.78 Å². The number of hydrogen-bond donors (Lipinski definition) is 1. The molecular formula is C21H21FN2O3S. The van der Waals surface area contributed by atoms with Gasteiger partial charge < -0.3 is 10.2 Å². The molecule has 0 spiro atoms. The van der Waals surface area contributed by atoms with E-state index in [2.05, 4.69) is 5.32 Å². The summed E-state index contributed by atoms with van der Waals surface area (Å²) < 4.78 is 14.0. The Morgan fingerprint density at radius 1 is 1.21 bits per heavy atom. The van der Waals surface area contributed by atoms with Crippen LogP contribution >= 0.6 is 11.8 Å². The molecule has 1 heterocycles. The van der Waals surface area contributed by atoms with Crippen molar-refractivity contribution < 1.29 is 18.8 Å². The number of halogens is 1. The molecule has 1 fully saturated rings. The number of anilines is 2. The Bertz CT molecular complexity index is 945. The van der Waals surface area contributed by atoms with Crippen LogP contribution in [0.1, 0.15) is 35.7 Å². The van der Waals surface area contributed by atoms with E-state index in [1.54, 1.807) is 17.0 Å². The summed E-state index contributed by atoms with van der Waals surface area (Å²) in [6, 6.07) is 9.67. The van der Waals surface area contributed by atoms with Crippen LogP contribution in [-0.4, -0.2) is 29.9 Å². The molecule has 0 aliphatic carbocycles. The van der Waals surface area contributed by atoms with Crippen LogP contribution in [0.5, 0.6) is 0 Å². The Labute approximate surface area is 167 Å². The molecule has 2 aromatic carbocycles. The number of nitrogens with one attached hydrogen (secondary N) is 1. The van der Waals surface area contributed by atoms with Crippen LogP contribution in [0, 0.1) is 12.7 Å². The minimum atomic E-state index is -0.513. The predicted octanol–water partition coefficient (Wildman–Crippen LogP) is 4.19. The van der Waals surface area contributed by atoms with E-state index in [0.29, 0.717) is 22.6 Å². The van der Waals surface area contributed by atoms with Gasteiger partial charge in [-0.15, -0.1) is 11.8 Å². The number of amides is 2. The molecule has 0 bridgehead atoms. The van der Waals surface area contributed by atoms with Gasteiger partial charge in [-0.2, -0.15) is 0 Å². The fraction of sp³-hybridized carbons (Fsp3) is 0.286. The number of ketones is 1. The van der Waals surface area contributed by atoms with Crippen LogP contribution in [-0.2, 0) is 9.59 Å². The summed E-state index contributed by atoms with van der Waals surface area (Å²) in [6.45, 7) is 4.00. The molecule has 5 nitrogen and oxygen atoms in total. The second-order valence-electron chi connectivity index (χ2n) is 6.69. The molecule has 2 amide bonds. The smallest absolute Gasteiger partial charge is 0.234 e. The van der Waals surface area contributed by atoms with Crippen LogP contribution in [0.4, 0.5) is 15.8 Å². The van der Waals surface area contributed by atoms with Crippen LogP contribution < -0.4 is 10.2 Å². The highest BCUT2D eigenvalue weighted by Crippen LogP contribution is 2.28. The molecule has 1 aliphatic heterocycles. The van der Waals surface area contributed by atoms with Gasteiger partial charge >= 0.3 is 0 Å². The van der Waals surface area contributed by atoms with Crippen molar-refractivity contribution in [3.8, 4) is 0 Å². The number of carbonyl (C=O) groups is 3. The first-order valence-electron chi connectivity index (χ1n) is 8.99. The van der Waals surface area contributed by atoms with E-state index in [1.807, 2.05) is 19.1 Å². The summed E-state index contributed by atoms with van der Waals surface area (Å²) >= 11 is 1.07. The summed E-state index contributed by atoms with van der Waals surface area (Å²) in [7, 11) is 0. The van der Waals surface area contributed by atoms with Crippen molar-refractivity contribution in [3.05, 3.63) is 53.3 Å². The largest absolute Gasteiger partial charge is 0.325 e. The number of benzene rings is 2. The Morgan fingerprint density at radius 2 is 2.00 bits per heavy atom. The monoisotopic (exact) mass is 400 g/mol. The van der Waals surface area contributed by atoms with E-state index in [-0.39, 0.29) is 23.4 Å². The van der Waals surface area contributed by atoms with Gasteiger partial charge in [-0.1, -0.05) is 6.07 Å². The van der Waals surface area contributed by atoms with Crippen molar-refractivity contribution in [3.63, 3.8) is 0 Å². The molecule has 7 heteroatoms. The third kappa shape index (κ3) is 4.59. The minimum absolute atomic E-state index is 0.0434. The molecule has 0 radical (unpaired) electrons. The molecule has 0 atom stereocenters. The van der Waals surface area contributed by atoms with Gasteiger partial charge in [0.05, 0.1) is 5.75 Å². The summed E-state index contributed by atoms with van der Waals surface area (Å²) in [5.74, 6) is -0.816. The number of rotatable bonds is 6. The molecule has 146 valence electrons. The predicted molar refractivity (Wildman–Crippen MR) is 109 cm³/mol. The minimum Gasteiger partial charge on any atom is -0.325 e. The normalized spacial score (nSPS) is 13.7. The van der Waals surface area contributed by atoms with Gasteiger partial charge in [-0.25, -0.2) is 4.39 Å². The number of aryl methyl sites for hydroxylation is 1. The Hall–Kier alpha value is -2.67. The van der Waals surface area contributed by atoms with Crippen LogP contribution in [0.2, 0.25) is 0 Å². The number of thioether (sulfide) groups is 1. The van der Waals surface area contributed by atoms with E-state index in [1.165, 1.54) is 19.1 Å². The third-order valence-electron chi connectivity index (χ3n) is 4.54. The van der Waals surface area contributed by atoms with E-state index >= 15 is 0 Å². The Balaban J connectivity index is 1.60. The second-order valence-corrected chi connectivity index (χ2v) is 7.71. The first kappa shape index (κ1) is 20.1. The van der Waals surface area contributed by atoms with Gasteiger partial charge in [-0.3, -0.25) is 14.4 Å². The lowest BCUT2D eigenvalue weighted by molar-refractivity contribution is -0.117. The highest BCUT2D eigenvalue weighted by molar-refractivity contribution is 8.00. The highest BCUT2D eigenvalue weighted by atomic mass is 32.2. The van der Waals surface area contributed by atoms with Crippen LogP contribution in [0.15, 0.2) is 41.3 Å². The lowest BCUT2D eigenvalue weighted by Crippen LogP contribution is -2.24. The summed E-state index contributed by atoms with van der Waals surface area (Å²) in [4.78, 5) is 37.5. The Kier molecular flexibility index (Phi) is 6.14. The zero-order valence-corrected chi connectivity index (χ0v) is 16.6. The van der Waals surface area contributed by atoms with Crippen LogP contribution in [0.25, 0.3) is 0 Å². The van der Waals surface area contributed by atoms with E-state index < -0.39 is 5.82 Å². The SMILES string of the molecule is CC(=O)c1ccc(SCC(=O)Nc2ccc(N3CCCC3=O)c(C)c2)c(F)c1. The van der Waals surface area contributed by atoms with Gasteiger partial charge in [0.1, 0.15) is 5.82 Å². The number of carbonyl (C=O) groups excluding carboxylic acids is 3. The van der Waals surface area contributed by atoms with Gasteiger partial charge in [0.2, 0.25) is 11.8 Å². The molecule has 28 heavy (non-hydrogen) atoms. The maximum absolute atomic E-state index is 14.0. The zero-order chi connectivity index (χ0) is 20.3. The van der Waals surface area contributed by atoms with E-state index in [4.69, 9.17) is 0 Å². The van der Waals surface area contributed by atoms with Gasteiger partial charge in [0, 0.05) is 34.8 Å². The van der Waals surface area contributed by atoms with Gasteiger partial charge in [-0.05, 0) is 56.2 Å². The highest BCUT2D eigenvalue weighted by Gasteiger charge is 2.23. The lowest BCUT2D eigenvalue weighted by Gasteiger charge is -2.19. The average molecular weight is 400 g/mol. The molecule has 0 aromatic heterocycles. The van der Waals surface area contributed by atoms with Crippen molar-refractivity contribution in [1.82, 2.24) is 0 Å².